The van der Waals surface area contributed by atoms with Crippen molar-refractivity contribution in [2.75, 3.05) is 13.2 Å². The quantitative estimate of drug-likeness (QED) is 0.0864. The summed E-state index contributed by atoms with van der Waals surface area (Å²) in [5.74, 6) is -0.0797. The van der Waals surface area contributed by atoms with Crippen LogP contribution >= 0.6 is 0 Å². The zero-order chi connectivity index (χ0) is 25.0. The Morgan fingerprint density at radius 3 is 0.971 bits per heavy atom. The normalized spacial score (nSPS) is 11.0. The molecule has 0 spiro atoms. The van der Waals surface area contributed by atoms with Crippen molar-refractivity contribution >= 4 is 11.9 Å². The van der Waals surface area contributed by atoms with Crippen LogP contribution in [-0.4, -0.2) is 25.2 Å². The number of ether oxygens (including phenoxy) is 2. The van der Waals surface area contributed by atoms with Gasteiger partial charge in [-0.3, -0.25) is 9.59 Å². The van der Waals surface area contributed by atoms with Gasteiger partial charge in [-0.1, -0.05) is 129 Å². The van der Waals surface area contributed by atoms with E-state index in [0.717, 1.165) is 51.4 Å². The summed E-state index contributed by atoms with van der Waals surface area (Å²) < 4.78 is 10.7. The van der Waals surface area contributed by atoms with Crippen LogP contribution in [-0.2, 0) is 19.1 Å². The lowest BCUT2D eigenvalue weighted by atomic mass is 10.1. The second-order valence-corrected chi connectivity index (χ2v) is 10.0. The number of hydrogen-bond donors (Lipinski definition) is 0. The molecule has 0 unspecified atom stereocenters. The molecule has 0 N–H and O–H groups in total. The highest BCUT2D eigenvalue weighted by molar-refractivity contribution is 5.69. The molecule has 34 heavy (non-hydrogen) atoms. The molecule has 0 atom stereocenters. The van der Waals surface area contributed by atoms with Crippen molar-refractivity contribution in [3.63, 3.8) is 0 Å². The SMILES string of the molecule is CCCCCCCCCCCOC(=O)CCCCCCCCC(=O)OCCCCCCCCC. The number of hydrogen-bond acceptors (Lipinski definition) is 4. The Kier molecular flexibility index (Phi) is 27.3. The second kappa shape index (κ2) is 28.2. The van der Waals surface area contributed by atoms with Gasteiger partial charge in [0, 0.05) is 12.8 Å². The van der Waals surface area contributed by atoms with Crippen molar-refractivity contribution < 1.29 is 19.1 Å². The second-order valence-electron chi connectivity index (χ2n) is 10.0. The van der Waals surface area contributed by atoms with Crippen LogP contribution in [0.25, 0.3) is 0 Å². The lowest BCUT2D eigenvalue weighted by Gasteiger charge is -2.06. The van der Waals surface area contributed by atoms with E-state index in [1.807, 2.05) is 0 Å². The van der Waals surface area contributed by atoms with Gasteiger partial charge in [-0.25, -0.2) is 0 Å². The van der Waals surface area contributed by atoms with Crippen LogP contribution in [0.3, 0.4) is 0 Å². The first kappa shape index (κ1) is 32.9. The van der Waals surface area contributed by atoms with Gasteiger partial charge >= 0.3 is 11.9 Å². The van der Waals surface area contributed by atoms with E-state index in [-0.39, 0.29) is 11.9 Å². The highest BCUT2D eigenvalue weighted by Gasteiger charge is 2.04. The summed E-state index contributed by atoms with van der Waals surface area (Å²) in [6, 6.07) is 0. The van der Waals surface area contributed by atoms with Crippen LogP contribution in [0.1, 0.15) is 168 Å². The lowest BCUT2D eigenvalue weighted by Crippen LogP contribution is -2.06. The fraction of sp³-hybridized carbons (Fsp3) is 0.933. The summed E-state index contributed by atoms with van der Waals surface area (Å²) in [6.45, 7) is 5.66. The zero-order valence-corrected chi connectivity index (χ0v) is 23.0. The fourth-order valence-electron chi connectivity index (χ4n) is 4.23. The lowest BCUT2D eigenvalue weighted by molar-refractivity contribution is -0.144. The molecule has 0 aliphatic carbocycles. The molecule has 4 heteroatoms. The van der Waals surface area contributed by atoms with Crippen molar-refractivity contribution in [2.45, 2.75) is 168 Å². The number of esters is 2. The Bertz CT molecular complexity index is 436. The molecule has 0 aliphatic rings. The zero-order valence-electron chi connectivity index (χ0n) is 23.0. The highest BCUT2D eigenvalue weighted by atomic mass is 16.5. The summed E-state index contributed by atoms with van der Waals surface area (Å²) >= 11 is 0. The molecule has 4 nitrogen and oxygen atoms in total. The van der Waals surface area contributed by atoms with Crippen molar-refractivity contribution in [3.8, 4) is 0 Å². The molecular formula is C30H58O4. The molecule has 0 radical (unpaired) electrons. The van der Waals surface area contributed by atoms with Gasteiger partial charge in [0.15, 0.2) is 0 Å². The third-order valence-corrected chi connectivity index (χ3v) is 6.53. The van der Waals surface area contributed by atoms with Crippen molar-refractivity contribution in [2.24, 2.45) is 0 Å². The molecule has 0 amide bonds. The number of unbranched alkanes of at least 4 members (excludes halogenated alkanes) is 19. The smallest absolute Gasteiger partial charge is 0.305 e. The summed E-state index contributed by atoms with van der Waals surface area (Å²) in [5, 5.41) is 0. The Labute approximate surface area is 212 Å². The minimum absolute atomic E-state index is 0.0386. The molecule has 0 heterocycles. The predicted octanol–water partition coefficient (Wildman–Crippen LogP) is 9.48. The molecule has 0 aromatic rings. The fourth-order valence-corrected chi connectivity index (χ4v) is 4.23. The van der Waals surface area contributed by atoms with Crippen molar-refractivity contribution in [1.82, 2.24) is 0 Å². The van der Waals surface area contributed by atoms with Crippen molar-refractivity contribution in [1.29, 1.82) is 0 Å². The van der Waals surface area contributed by atoms with E-state index in [1.165, 1.54) is 89.9 Å². The van der Waals surface area contributed by atoms with Crippen LogP contribution in [0, 0.1) is 0 Å². The maximum absolute atomic E-state index is 11.8. The summed E-state index contributed by atoms with van der Waals surface area (Å²) in [5.41, 5.74) is 0. The largest absolute Gasteiger partial charge is 0.466 e. The van der Waals surface area contributed by atoms with E-state index in [9.17, 15) is 9.59 Å². The van der Waals surface area contributed by atoms with Crippen LogP contribution in [0.2, 0.25) is 0 Å². The first-order valence-corrected chi connectivity index (χ1v) is 15.0. The van der Waals surface area contributed by atoms with Gasteiger partial charge in [-0.2, -0.15) is 0 Å². The Morgan fingerprint density at radius 2 is 0.647 bits per heavy atom. The molecule has 0 saturated carbocycles. The van der Waals surface area contributed by atoms with E-state index in [0.29, 0.717) is 26.1 Å². The molecule has 0 aliphatic heterocycles. The third-order valence-electron chi connectivity index (χ3n) is 6.53. The molecule has 0 aromatic heterocycles. The molecule has 0 rings (SSSR count). The van der Waals surface area contributed by atoms with E-state index in [1.54, 1.807) is 0 Å². The van der Waals surface area contributed by atoms with E-state index < -0.39 is 0 Å². The van der Waals surface area contributed by atoms with E-state index >= 15 is 0 Å². The van der Waals surface area contributed by atoms with Gasteiger partial charge in [0.25, 0.3) is 0 Å². The molecule has 0 fully saturated rings. The average Bonchev–Trinajstić information content (AvgIpc) is 2.83. The predicted molar refractivity (Wildman–Crippen MR) is 144 cm³/mol. The standard InChI is InChI=1S/C30H58O4/c1-3-5-7-9-11-12-16-20-24-28-34-30(32)26-22-18-14-13-17-21-25-29(31)33-27-23-19-15-10-8-6-4-2/h3-28H2,1-2H3. The molecule has 0 bridgehead atoms. The highest BCUT2D eigenvalue weighted by Crippen LogP contribution is 2.12. The summed E-state index contributed by atoms with van der Waals surface area (Å²) in [7, 11) is 0. The number of carbonyl (C=O) groups is 2. The Hall–Kier alpha value is -1.06. The monoisotopic (exact) mass is 482 g/mol. The maximum Gasteiger partial charge on any atom is 0.305 e. The van der Waals surface area contributed by atoms with Gasteiger partial charge in [0.2, 0.25) is 0 Å². The minimum atomic E-state index is -0.0410. The number of rotatable bonds is 27. The van der Waals surface area contributed by atoms with Crippen LogP contribution in [0.15, 0.2) is 0 Å². The maximum atomic E-state index is 11.8. The molecular weight excluding hydrogens is 424 g/mol. The van der Waals surface area contributed by atoms with Crippen LogP contribution in [0.5, 0.6) is 0 Å². The molecule has 0 saturated heterocycles. The molecule has 0 aromatic carbocycles. The van der Waals surface area contributed by atoms with Gasteiger partial charge < -0.3 is 9.47 Å². The van der Waals surface area contributed by atoms with E-state index in [2.05, 4.69) is 13.8 Å². The topological polar surface area (TPSA) is 52.6 Å². The van der Waals surface area contributed by atoms with Crippen LogP contribution < -0.4 is 0 Å². The third kappa shape index (κ3) is 27.2. The van der Waals surface area contributed by atoms with E-state index in [4.69, 9.17) is 9.47 Å². The Morgan fingerprint density at radius 1 is 0.382 bits per heavy atom. The van der Waals surface area contributed by atoms with Crippen LogP contribution in [0.4, 0.5) is 0 Å². The Balaban J connectivity index is 3.25. The number of carbonyl (C=O) groups excluding carboxylic acids is 2. The van der Waals surface area contributed by atoms with Gasteiger partial charge in [0.1, 0.15) is 0 Å². The summed E-state index contributed by atoms with van der Waals surface area (Å²) in [4.78, 5) is 23.6. The first-order chi connectivity index (χ1) is 16.7. The van der Waals surface area contributed by atoms with Crippen molar-refractivity contribution in [3.05, 3.63) is 0 Å². The average molecular weight is 483 g/mol. The van der Waals surface area contributed by atoms with Gasteiger partial charge in [-0.15, -0.1) is 0 Å². The first-order valence-electron chi connectivity index (χ1n) is 15.0. The molecule has 202 valence electrons. The minimum Gasteiger partial charge on any atom is -0.466 e. The van der Waals surface area contributed by atoms with Gasteiger partial charge in [-0.05, 0) is 25.7 Å². The van der Waals surface area contributed by atoms with Gasteiger partial charge in [0.05, 0.1) is 13.2 Å². The summed E-state index contributed by atoms with van der Waals surface area (Å²) in [6.07, 6.45) is 27.5.